The van der Waals surface area contributed by atoms with Crippen molar-refractivity contribution >= 4 is 29.6 Å². The van der Waals surface area contributed by atoms with Crippen LogP contribution in [-0.4, -0.2) is 42.8 Å². The Bertz CT molecular complexity index is 865. The molecule has 0 amide bonds. The van der Waals surface area contributed by atoms with E-state index in [1.807, 2.05) is 20.8 Å². The summed E-state index contributed by atoms with van der Waals surface area (Å²) in [4.78, 5) is 27.9. The first-order valence-corrected chi connectivity index (χ1v) is 9.35. The molecule has 0 spiro atoms. The summed E-state index contributed by atoms with van der Waals surface area (Å²) < 4.78 is 55.0. The van der Waals surface area contributed by atoms with Gasteiger partial charge in [0.25, 0.3) is 0 Å². The number of alkyl halides is 3. The number of rotatable bonds is 7. The van der Waals surface area contributed by atoms with E-state index in [2.05, 4.69) is 14.3 Å². The highest BCUT2D eigenvalue weighted by molar-refractivity contribution is 6.31. The second kappa shape index (κ2) is 9.86. The number of hydrogen-bond donors (Lipinski definition) is 2. The van der Waals surface area contributed by atoms with E-state index in [1.54, 1.807) is 0 Å². The van der Waals surface area contributed by atoms with E-state index < -0.39 is 42.0 Å². The van der Waals surface area contributed by atoms with Gasteiger partial charge in [0, 0.05) is 10.6 Å². The Balaban J connectivity index is 2.21. The van der Waals surface area contributed by atoms with Crippen molar-refractivity contribution in [3.63, 3.8) is 0 Å². The molecule has 0 bridgehead atoms. The first-order valence-electron chi connectivity index (χ1n) is 8.97. The van der Waals surface area contributed by atoms with Gasteiger partial charge in [0.2, 0.25) is 12.9 Å². The van der Waals surface area contributed by atoms with Crippen molar-refractivity contribution in [3.05, 3.63) is 33.9 Å². The van der Waals surface area contributed by atoms with E-state index in [9.17, 15) is 22.8 Å². The molecule has 0 fully saturated rings. The monoisotopic (exact) mass is 467 g/mol. The zero-order valence-corrected chi connectivity index (χ0v) is 17.6. The van der Waals surface area contributed by atoms with Crippen molar-refractivity contribution in [1.29, 1.82) is 0 Å². The maximum absolute atomic E-state index is 13.6. The van der Waals surface area contributed by atoms with E-state index in [0.717, 1.165) is 6.08 Å². The first kappa shape index (κ1) is 24.9. The van der Waals surface area contributed by atoms with Gasteiger partial charge in [-0.05, 0) is 29.2 Å². The predicted octanol–water partition coefficient (Wildman–Crippen LogP) is 3.69. The Morgan fingerprint density at radius 3 is 2.48 bits per heavy atom. The van der Waals surface area contributed by atoms with Crippen molar-refractivity contribution in [3.8, 4) is 5.75 Å². The van der Waals surface area contributed by atoms with Gasteiger partial charge in [-0.2, -0.15) is 13.2 Å². The van der Waals surface area contributed by atoms with Gasteiger partial charge in [-0.1, -0.05) is 38.0 Å². The highest BCUT2D eigenvalue weighted by atomic mass is 35.5. The van der Waals surface area contributed by atoms with Crippen LogP contribution in [0.4, 0.5) is 13.2 Å². The molecule has 0 saturated carbocycles. The summed E-state index contributed by atoms with van der Waals surface area (Å²) in [5.74, 6) is -2.31. The van der Waals surface area contributed by atoms with E-state index in [1.165, 1.54) is 17.8 Å². The fourth-order valence-corrected chi connectivity index (χ4v) is 3.14. The summed E-state index contributed by atoms with van der Waals surface area (Å²) in [5, 5.41) is 8.50. The second-order valence-corrected chi connectivity index (χ2v) is 7.92. The fraction of sp³-hybridized carbons (Fsp3) is 0.474. The van der Waals surface area contributed by atoms with Gasteiger partial charge in [-0.15, -0.1) is 0 Å². The molecule has 1 aliphatic rings. The van der Waals surface area contributed by atoms with E-state index in [4.69, 9.17) is 21.5 Å². The quantitative estimate of drug-likeness (QED) is 0.271. The molecular formula is C19H21ClF3NO7. The van der Waals surface area contributed by atoms with E-state index >= 15 is 0 Å². The number of carbonyl (C=O) groups is 2. The van der Waals surface area contributed by atoms with Crippen LogP contribution in [-0.2, 0) is 29.3 Å². The Hall–Kier alpha value is -2.34. The average molecular weight is 468 g/mol. The number of halogens is 4. The van der Waals surface area contributed by atoms with Crippen LogP contribution in [0.2, 0.25) is 5.02 Å². The Morgan fingerprint density at radius 1 is 1.23 bits per heavy atom. The topological polar surface area (TPSA) is 103 Å². The molecule has 1 aromatic rings. The number of benzene rings is 1. The molecule has 1 atom stereocenters. The highest BCUT2D eigenvalue weighted by Crippen LogP contribution is 2.42. The van der Waals surface area contributed by atoms with Gasteiger partial charge in [0.1, 0.15) is 5.75 Å². The van der Waals surface area contributed by atoms with Crippen LogP contribution in [0, 0.1) is 0 Å². The lowest BCUT2D eigenvalue weighted by molar-refractivity contribution is -0.190. The van der Waals surface area contributed by atoms with Crippen LogP contribution >= 0.6 is 11.6 Å². The highest BCUT2D eigenvalue weighted by Gasteiger charge is 2.49. The Kier molecular flexibility index (Phi) is 7.93. The van der Waals surface area contributed by atoms with Crippen molar-refractivity contribution in [2.75, 3.05) is 13.4 Å². The summed E-state index contributed by atoms with van der Waals surface area (Å²) in [7, 11) is 0. The molecule has 12 heteroatoms. The van der Waals surface area contributed by atoms with Gasteiger partial charge in [0.05, 0.1) is 18.6 Å². The summed E-state index contributed by atoms with van der Waals surface area (Å²) >= 11 is 6.26. The average Bonchev–Trinajstić information content (AvgIpc) is 2.65. The third-order valence-corrected chi connectivity index (χ3v) is 4.47. The van der Waals surface area contributed by atoms with Gasteiger partial charge in [-0.25, -0.2) is 4.79 Å². The van der Waals surface area contributed by atoms with Crippen LogP contribution < -0.4 is 10.4 Å². The third kappa shape index (κ3) is 6.57. The molecule has 172 valence electrons. The number of nitrogens with one attached hydrogen (secondary N) is 1. The number of hydrogen-bond acceptors (Lipinski definition) is 8. The van der Waals surface area contributed by atoms with Crippen LogP contribution in [0.5, 0.6) is 5.75 Å². The van der Waals surface area contributed by atoms with Gasteiger partial charge >= 0.3 is 18.1 Å². The molecule has 1 aliphatic heterocycles. The summed E-state index contributed by atoms with van der Waals surface area (Å²) in [5.41, 5.74) is 0.847. The van der Waals surface area contributed by atoms with E-state index in [0.29, 0.717) is 10.6 Å². The number of esters is 2. The zero-order chi connectivity index (χ0) is 23.4. The normalized spacial score (nSPS) is 16.1. The molecular weight excluding hydrogens is 447 g/mol. The summed E-state index contributed by atoms with van der Waals surface area (Å²) in [6.45, 7) is 4.38. The number of carbonyl (C=O) groups excluding carboxylic acids is 2. The molecule has 2 N–H and O–H groups in total. The van der Waals surface area contributed by atoms with Gasteiger partial charge in [0.15, 0.2) is 0 Å². The molecule has 1 aromatic carbocycles. The lowest BCUT2D eigenvalue weighted by Gasteiger charge is -2.30. The standard InChI is InChI=1S/C19H21ClF3NO7/c1-18(2,3)12-8-14-10(7-13(12)20)6-11(16(31-14)19(21,22)23)17(26)29-9-28-15(25)4-5-30-24-27/h6-8,16,24,27H,4-5,9H2,1-3H3. The SMILES string of the molecule is CC(C)(C)c1cc2c(cc1Cl)C=C(C(=O)OCOC(=O)CCONO)C(C(F)(F)F)O2. The van der Waals surface area contributed by atoms with Crippen LogP contribution in [0.1, 0.15) is 38.3 Å². The lowest BCUT2D eigenvalue weighted by atomic mass is 9.85. The van der Waals surface area contributed by atoms with Crippen LogP contribution in [0.15, 0.2) is 17.7 Å². The molecule has 2 rings (SSSR count). The molecule has 8 nitrogen and oxygen atoms in total. The minimum Gasteiger partial charge on any atom is -0.475 e. The summed E-state index contributed by atoms with van der Waals surface area (Å²) in [6, 6.07) is 2.83. The minimum absolute atomic E-state index is 0.0721. The van der Waals surface area contributed by atoms with Crippen molar-refractivity contribution in [1.82, 2.24) is 5.64 Å². The minimum atomic E-state index is -4.91. The molecule has 0 radical (unpaired) electrons. The molecule has 1 heterocycles. The van der Waals surface area contributed by atoms with Crippen molar-refractivity contribution in [2.45, 2.75) is 44.9 Å². The molecule has 0 saturated heterocycles. The molecule has 31 heavy (non-hydrogen) atoms. The number of fused-ring (bicyclic) bond motifs is 1. The zero-order valence-electron chi connectivity index (χ0n) is 16.8. The summed E-state index contributed by atoms with van der Waals surface area (Å²) in [6.07, 6.45) is -6.79. The maximum atomic E-state index is 13.6. The third-order valence-electron chi connectivity index (χ3n) is 4.16. The number of ether oxygens (including phenoxy) is 3. The van der Waals surface area contributed by atoms with Crippen LogP contribution in [0.25, 0.3) is 6.08 Å². The van der Waals surface area contributed by atoms with Crippen molar-refractivity contribution in [2.24, 2.45) is 0 Å². The molecule has 0 aliphatic carbocycles. The maximum Gasteiger partial charge on any atom is 0.430 e. The van der Waals surface area contributed by atoms with Crippen LogP contribution in [0.3, 0.4) is 0 Å². The molecule has 1 unspecified atom stereocenters. The fourth-order valence-electron chi connectivity index (χ4n) is 2.69. The first-order chi connectivity index (χ1) is 14.3. The largest absolute Gasteiger partial charge is 0.475 e. The van der Waals surface area contributed by atoms with Gasteiger partial charge < -0.3 is 14.2 Å². The van der Waals surface area contributed by atoms with E-state index in [-0.39, 0.29) is 24.3 Å². The smallest absolute Gasteiger partial charge is 0.430 e. The lowest BCUT2D eigenvalue weighted by Crippen LogP contribution is -2.41. The van der Waals surface area contributed by atoms with Gasteiger partial charge in [-0.3, -0.25) is 14.8 Å². The predicted molar refractivity (Wildman–Crippen MR) is 101 cm³/mol. The van der Waals surface area contributed by atoms with Crippen molar-refractivity contribution < 1.29 is 47.0 Å². The Labute approximate surface area is 180 Å². The Morgan fingerprint density at radius 2 is 1.90 bits per heavy atom. The second-order valence-electron chi connectivity index (χ2n) is 7.51. The molecule has 0 aromatic heterocycles.